The summed E-state index contributed by atoms with van der Waals surface area (Å²) >= 11 is 0. The maximum Gasteiger partial charge on any atom is 0.0998 e. The monoisotopic (exact) mass is 303 g/mol. The predicted octanol–water partition coefficient (Wildman–Crippen LogP) is 5.86. The topological polar surface area (TPSA) is 23.8 Å². The summed E-state index contributed by atoms with van der Waals surface area (Å²) in [6.07, 6.45) is 3.01. The maximum absolute atomic E-state index is 9.69. The fourth-order valence-corrected chi connectivity index (χ4v) is 3.03. The third kappa shape index (κ3) is 3.54. The highest BCUT2D eigenvalue weighted by Crippen LogP contribution is 2.26. The average molecular weight is 303 g/mol. The molecular formula is C22H25N. The van der Waals surface area contributed by atoms with Crippen LogP contribution in [0.15, 0.2) is 24.3 Å². The normalized spacial score (nSPS) is 11.4. The van der Waals surface area contributed by atoms with Crippen molar-refractivity contribution in [1.82, 2.24) is 0 Å². The van der Waals surface area contributed by atoms with E-state index >= 15 is 0 Å². The Kier molecular flexibility index (Phi) is 5.06. The fraction of sp³-hybridized carbons (Fsp3) is 0.318. The maximum atomic E-state index is 9.69. The highest BCUT2D eigenvalue weighted by Gasteiger charge is 2.09. The Morgan fingerprint density at radius 2 is 1.48 bits per heavy atom. The molecule has 0 atom stereocenters. The molecule has 0 amide bonds. The first-order valence-corrected chi connectivity index (χ1v) is 8.17. The first-order valence-electron chi connectivity index (χ1n) is 8.17. The Morgan fingerprint density at radius 3 is 2.09 bits per heavy atom. The highest BCUT2D eigenvalue weighted by atomic mass is 14.3. The molecule has 0 saturated carbocycles. The van der Waals surface area contributed by atoms with Crippen LogP contribution in [0.3, 0.4) is 0 Å². The summed E-state index contributed by atoms with van der Waals surface area (Å²) in [7, 11) is 0. The first-order chi connectivity index (χ1) is 10.9. The molecule has 0 N–H and O–H groups in total. The summed E-state index contributed by atoms with van der Waals surface area (Å²) in [5, 5.41) is 9.69. The van der Waals surface area contributed by atoms with Gasteiger partial charge in [-0.15, -0.1) is 0 Å². The van der Waals surface area contributed by atoms with Gasteiger partial charge in [0.1, 0.15) is 0 Å². The van der Waals surface area contributed by atoms with Crippen molar-refractivity contribution < 1.29 is 0 Å². The summed E-state index contributed by atoms with van der Waals surface area (Å²) in [5.74, 6) is 0. The number of aryl methyl sites for hydroxylation is 6. The van der Waals surface area contributed by atoms with Crippen LogP contribution in [0.25, 0.3) is 11.6 Å². The fourth-order valence-electron chi connectivity index (χ4n) is 3.03. The van der Waals surface area contributed by atoms with Crippen LogP contribution in [-0.2, 0) is 6.42 Å². The molecule has 118 valence electrons. The molecule has 0 unspecified atom stereocenters. The number of benzene rings is 2. The molecule has 0 saturated heterocycles. The summed E-state index contributed by atoms with van der Waals surface area (Å²) in [6.45, 7) is 12.7. The van der Waals surface area contributed by atoms with Gasteiger partial charge in [-0.1, -0.05) is 25.1 Å². The largest absolute Gasteiger partial charge is 0.192 e. The van der Waals surface area contributed by atoms with Crippen LogP contribution < -0.4 is 0 Å². The van der Waals surface area contributed by atoms with Crippen molar-refractivity contribution in [2.45, 2.75) is 48.0 Å². The van der Waals surface area contributed by atoms with E-state index in [4.69, 9.17) is 0 Å². The minimum Gasteiger partial charge on any atom is -0.192 e. The van der Waals surface area contributed by atoms with Crippen LogP contribution in [0.5, 0.6) is 0 Å². The lowest BCUT2D eigenvalue weighted by atomic mass is 9.92. The van der Waals surface area contributed by atoms with Crippen molar-refractivity contribution in [2.75, 3.05) is 0 Å². The van der Waals surface area contributed by atoms with Gasteiger partial charge in [0.25, 0.3) is 0 Å². The van der Waals surface area contributed by atoms with Crippen LogP contribution in [0, 0.1) is 45.9 Å². The van der Waals surface area contributed by atoms with Gasteiger partial charge in [-0.25, -0.2) is 0 Å². The van der Waals surface area contributed by atoms with Crippen LogP contribution in [-0.4, -0.2) is 0 Å². The van der Waals surface area contributed by atoms with Gasteiger partial charge in [-0.05, 0) is 97.7 Å². The molecule has 0 radical (unpaired) electrons. The molecule has 0 spiro atoms. The third-order valence-corrected chi connectivity index (χ3v) is 4.66. The van der Waals surface area contributed by atoms with Crippen molar-refractivity contribution in [1.29, 1.82) is 5.26 Å². The zero-order chi connectivity index (χ0) is 17.1. The molecule has 0 aliphatic heterocycles. The smallest absolute Gasteiger partial charge is 0.0998 e. The van der Waals surface area contributed by atoms with Crippen molar-refractivity contribution in [3.8, 4) is 6.07 Å². The molecule has 0 bridgehead atoms. The summed E-state index contributed by atoms with van der Waals surface area (Å²) in [4.78, 5) is 0. The Hall–Kier alpha value is -2.33. The van der Waals surface area contributed by atoms with E-state index in [0.717, 1.165) is 28.7 Å². The predicted molar refractivity (Wildman–Crippen MR) is 99.4 cm³/mol. The Labute approximate surface area is 140 Å². The van der Waals surface area contributed by atoms with E-state index < -0.39 is 0 Å². The van der Waals surface area contributed by atoms with E-state index in [-0.39, 0.29) is 0 Å². The van der Waals surface area contributed by atoms with E-state index in [1.54, 1.807) is 0 Å². The summed E-state index contributed by atoms with van der Waals surface area (Å²) < 4.78 is 0. The van der Waals surface area contributed by atoms with Gasteiger partial charge in [0.15, 0.2) is 0 Å². The molecule has 0 heterocycles. The SMILES string of the molecule is CCc1cc(/C(C#N)=C/c2cc(C)c(C)cc2C)c(C)cc1C. The molecule has 1 nitrogen and oxygen atoms in total. The molecular weight excluding hydrogens is 278 g/mol. The van der Waals surface area contributed by atoms with Crippen LogP contribution in [0.2, 0.25) is 0 Å². The minimum absolute atomic E-state index is 0.739. The van der Waals surface area contributed by atoms with E-state index in [2.05, 4.69) is 71.9 Å². The first kappa shape index (κ1) is 17.0. The standard InChI is InChI=1S/C22H25N/c1-7-19-12-22(18(6)9-16(19)4)21(13-23)11-20-10-15(3)14(2)8-17(20)5/h8-12H,7H2,1-6H3/b21-11+. The molecule has 0 aromatic heterocycles. The van der Waals surface area contributed by atoms with Crippen LogP contribution in [0.1, 0.15) is 51.4 Å². The summed E-state index contributed by atoms with van der Waals surface area (Å²) in [6, 6.07) is 11.1. The van der Waals surface area contributed by atoms with Crippen molar-refractivity contribution in [2.24, 2.45) is 0 Å². The molecule has 0 aliphatic rings. The van der Waals surface area contributed by atoms with Crippen LogP contribution in [0.4, 0.5) is 0 Å². The van der Waals surface area contributed by atoms with E-state index in [0.29, 0.717) is 0 Å². The number of hydrogen-bond acceptors (Lipinski definition) is 1. The second-order valence-electron chi connectivity index (χ2n) is 6.41. The Balaban J connectivity index is 2.61. The number of rotatable bonds is 3. The second-order valence-corrected chi connectivity index (χ2v) is 6.41. The lowest BCUT2D eigenvalue weighted by Crippen LogP contribution is -1.95. The molecule has 23 heavy (non-hydrogen) atoms. The zero-order valence-electron chi connectivity index (χ0n) is 15.0. The molecule has 1 heteroatoms. The Morgan fingerprint density at radius 1 is 0.870 bits per heavy atom. The molecule has 2 rings (SSSR count). The number of allylic oxidation sites excluding steroid dienone is 1. The van der Waals surface area contributed by atoms with E-state index in [1.165, 1.54) is 27.8 Å². The zero-order valence-corrected chi connectivity index (χ0v) is 15.0. The van der Waals surface area contributed by atoms with Crippen molar-refractivity contribution in [3.05, 3.63) is 68.8 Å². The van der Waals surface area contributed by atoms with Gasteiger partial charge in [-0.2, -0.15) is 5.26 Å². The van der Waals surface area contributed by atoms with E-state index in [9.17, 15) is 5.26 Å². The van der Waals surface area contributed by atoms with Gasteiger partial charge in [0, 0.05) is 0 Å². The quantitative estimate of drug-likeness (QED) is 0.515. The van der Waals surface area contributed by atoms with Gasteiger partial charge < -0.3 is 0 Å². The molecule has 2 aromatic carbocycles. The molecule has 2 aromatic rings. The van der Waals surface area contributed by atoms with Gasteiger partial charge >= 0.3 is 0 Å². The lowest BCUT2D eigenvalue weighted by Gasteiger charge is -2.12. The summed E-state index contributed by atoms with van der Waals surface area (Å²) in [5.41, 5.74) is 10.4. The number of hydrogen-bond donors (Lipinski definition) is 0. The van der Waals surface area contributed by atoms with Gasteiger partial charge in [0.05, 0.1) is 11.6 Å². The third-order valence-electron chi connectivity index (χ3n) is 4.66. The van der Waals surface area contributed by atoms with Gasteiger partial charge in [-0.3, -0.25) is 0 Å². The van der Waals surface area contributed by atoms with Crippen molar-refractivity contribution in [3.63, 3.8) is 0 Å². The number of nitriles is 1. The molecule has 0 fully saturated rings. The molecule has 0 aliphatic carbocycles. The van der Waals surface area contributed by atoms with Gasteiger partial charge in [0.2, 0.25) is 0 Å². The van der Waals surface area contributed by atoms with Crippen molar-refractivity contribution >= 4 is 11.6 Å². The number of nitrogens with zero attached hydrogens (tertiary/aromatic N) is 1. The lowest BCUT2D eigenvalue weighted by molar-refractivity contribution is 1.10. The minimum atomic E-state index is 0.739. The van der Waals surface area contributed by atoms with Crippen LogP contribution >= 0.6 is 0 Å². The second kappa shape index (κ2) is 6.84. The highest BCUT2D eigenvalue weighted by molar-refractivity contribution is 5.91. The Bertz CT molecular complexity index is 817. The average Bonchev–Trinajstić information content (AvgIpc) is 2.50. The van der Waals surface area contributed by atoms with E-state index in [1.807, 2.05) is 6.08 Å².